The lowest BCUT2D eigenvalue weighted by Gasteiger charge is -2.32. The summed E-state index contributed by atoms with van der Waals surface area (Å²) in [6.45, 7) is 12.0. The van der Waals surface area contributed by atoms with Gasteiger partial charge >= 0.3 is 0 Å². The standard InChI is InChI=1S/C59H49N5/c1-37-58(2,3)49-35-30-43(36-50(49)59(37,4)5)40-28-31-44(32-29-40)63-51-22-14-12-20-45(51)47-33-34-48-46-21-13-15-23-52(46)64(54(48)53(47)63)57-61-55(41-18-10-7-11-19-41)60-56(62-57)42-26-24-39(25-27-42)38-16-8-6-9-17-38/h6-12,14,16-37H,13,15H2,1-5H3. The zero-order chi connectivity index (χ0) is 43.3. The third kappa shape index (κ3) is 5.80. The predicted octanol–water partition coefficient (Wildman–Crippen LogP) is 13.1. The second kappa shape index (κ2) is 14.3. The van der Waals surface area contributed by atoms with E-state index in [-0.39, 0.29) is 10.8 Å². The van der Waals surface area contributed by atoms with Crippen molar-refractivity contribution >= 4 is 44.9 Å². The van der Waals surface area contributed by atoms with Crippen molar-refractivity contribution in [2.75, 3.05) is 0 Å². The number of rotatable bonds is 6. The molecule has 0 N–H and O–H groups in total. The molecule has 0 aliphatic heterocycles. The Kier molecular flexibility index (Phi) is 8.58. The average molecular weight is 828 g/mol. The largest absolute Gasteiger partial charge is 0.307 e. The summed E-state index contributed by atoms with van der Waals surface area (Å²) in [5, 5.41) is 5.93. The van der Waals surface area contributed by atoms with Crippen LogP contribution in [0, 0.1) is 5.92 Å². The van der Waals surface area contributed by atoms with Crippen LogP contribution in [0.3, 0.4) is 0 Å². The van der Waals surface area contributed by atoms with Gasteiger partial charge in [-0.15, -0.1) is 0 Å². The molecular formula is C59H49N5. The number of nitrogens with zero attached hydrogens (tertiary/aromatic N) is 5. The molecule has 0 bridgehead atoms. The van der Waals surface area contributed by atoms with Crippen LogP contribution in [0.25, 0.3) is 102 Å². The molecule has 5 heteroatoms. The first kappa shape index (κ1) is 38.3. The minimum absolute atomic E-state index is 0.0974. The van der Waals surface area contributed by atoms with Crippen molar-refractivity contribution in [3.05, 3.63) is 185 Å². The van der Waals surface area contributed by atoms with Crippen LogP contribution in [0.15, 0.2) is 164 Å². The van der Waals surface area contributed by atoms with Gasteiger partial charge in [-0.25, -0.2) is 4.98 Å². The van der Waals surface area contributed by atoms with Crippen molar-refractivity contribution in [1.29, 1.82) is 0 Å². The van der Waals surface area contributed by atoms with Crippen molar-refractivity contribution in [3.63, 3.8) is 0 Å². The van der Waals surface area contributed by atoms with Crippen LogP contribution in [0.4, 0.5) is 0 Å². The number of benzene rings is 7. The molecule has 64 heavy (non-hydrogen) atoms. The van der Waals surface area contributed by atoms with Crippen molar-refractivity contribution in [2.45, 2.75) is 58.3 Å². The lowest BCUT2D eigenvalue weighted by molar-refractivity contribution is 0.264. The van der Waals surface area contributed by atoms with Crippen molar-refractivity contribution in [3.8, 4) is 56.7 Å². The highest BCUT2D eigenvalue weighted by atomic mass is 15.2. The normalized spacial score (nSPS) is 16.1. The molecule has 0 amide bonds. The second-order valence-corrected chi connectivity index (χ2v) is 18.9. The lowest BCUT2D eigenvalue weighted by Crippen LogP contribution is -2.31. The summed E-state index contributed by atoms with van der Waals surface area (Å²) in [4.78, 5) is 15.9. The maximum absolute atomic E-state index is 5.39. The molecule has 3 aromatic heterocycles. The Morgan fingerprint density at radius 2 is 0.984 bits per heavy atom. The van der Waals surface area contributed by atoms with Gasteiger partial charge in [0.05, 0.1) is 21.9 Å². The van der Waals surface area contributed by atoms with Crippen LogP contribution in [-0.2, 0) is 10.8 Å². The van der Waals surface area contributed by atoms with Gasteiger partial charge < -0.3 is 4.57 Å². The number of fused-ring (bicyclic) bond motifs is 8. The molecule has 10 aromatic rings. The molecule has 1 unspecified atom stereocenters. The van der Waals surface area contributed by atoms with E-state index in [4.69, 9.17) is 15.0 Å². The minimum atomic E-state index is 0.0974. The minimum Gasteiger partial charge on any atom is -0.307 e. The van der Waals surface area contributed by atoms with Gasteiger partial charge in [0.1, 0.15) is 0 Å². The third-order valence-corrected chi connectivity index (χ3v) is 14.8. The first-order valence-electron chi connectivity index (χ1n) is 22.7. The highest BCUT2D eigenvalue weighted by molar-refractivity contribution is 6.18. The number of para-hydroxylation sites is 1. The van der Waals surface area contributed by atoms with E-state index in [0.29, 0.717) is 23.5 Å². The van der Waals surface area contributed by atoms with E-state index in [9.17, 15) is 0 Å². The molecule has 0 spiro atoms. The molecule has 7 aromatic carbocycles. The maximum atomic E-state index is 5.39. The summed E-state index contributed by atoms with van der Waals surface area (Å²) >= 11 is 0. The summed E-state index contributed by atoms with van der Waals surface area (Å²) in [5.41, 5.74) is 14.3. The fraction of sp³-hybridized carbons (Fsp3) is 0.169. The first-order chi connectivity index (χ1) is 31.2. The molecule has 12 rings (SSSR count). The van der Waals surface area contributed by atoms with Crippen LogP contribution in [0.5, 0.6) is 0 Å². The molecular weight excluding hydrogens is 779 g/mol. The summed E-state index contributed by atoms with van der Waals surface area (Å²) in [6.07, 6.45) is 6.68. The van der Waals surface area contributed by atoms with Crippen molar-refractivity contribution in [2.24, 2.45) is 5.92 Å². The molecule has 5 nitrogen and oxygen atoms in total. The molecule has 0 fully saturated rings. The summed E-state index contributed by atoms with van der Waals surface area (Å²) in [7, 11) is 0. The first-order valence-corrected chi connectivity index (χ1v) is 22.7. The average Bonchev–Trinajstić information content (AvgIpc) is 3.91. The van der Waals surface area contributed by atoms with E-state index >= 15 is 0 Å². The van der Waals surface area contributed by atoms with Crippen LogP contribution >= 0.6 is 0 Å². The Morgan fingerprint density at radius 1 is 0.453 bits per heavy atom. The zero-order valence-corrected chi connectivity index (χ0v) is 37.0. The maximum Gasteiger partial charge on any atom is 0.238 e. The molecule has 1 atom stereocenters. The van der Waals surface area contributed by atoms with Gasteiger partial charge in [-0.05, 0) is 81.2 Å². The monoisotopic (exact) mass is 827 g/mol. The van der Waals surface area contributed by atoms with Crippen molar-refractivity contribution in [1.82, 2.24) is 24.1 Å². The van der Waals surface area contributed by atoms with Gasteiger partial charge in [-0.3, -0.25) is 4.57 Å². The van der Waals surface area contributed by atoms with E-state index in [2.05, 4.69) is 195 Å². The molecule has 0 saturated carbocycles. The topological polar surface area (TPSA) is 48.5 Å². The van der Waals surface area contributed by atoms with Gasteiger partial charge in [0, 0.05) is 38.2 Å². The van der Waals surface area contributed by atoms with Gasteiger partial charge in [0.2, 0.25) is 5.95 Å². The van der Waals surface area contributed by atoms with Crippen LogP contribution in [-0.4, -0.2) is 24.1 Å². The second-order valence-electron chi connectivity index (χ2n) is 18.9. The Hall–Kier alpha value is -7.37. The van der Waals surface area contributed by atoms with E-state index in [1.807, 2.05) is 24.3 Å². The third-order valence-electron chi connectivity index (χ3n) is 14.8. The lowest BCUT2D eigenvalue weighted by atomic mass is 9.71. The predicted molar refractivity (Wildman–Crippen MR) is 265 cm³/mol. The Balaban J connectivity index is 1.08. The SMILES string of the molecule is CC1C(C)(C)c2ccc(-c3ccc(-n4c5ccccc5c5ccc6c7c(n(-c8nc(-c9ccccc9)nc(-c9ccc(-c%10ccccc%10)cc9)n8)c6c54)=CCCC=7)cc3)cc2C1(C)C. The van der Waals surface area contributed by atoms with E-state index in [1.54, 1.807) is 0 Å². The fourth-order valence-electron chi connectivity index (χ4n) is 10.9. The number of hydrogen-bond acceptors (Lipinski definition) is 3. The van der Waals surface area contributed by atoms with E-state index in [1.165, 1.54) is 49.2 Å². The highest BCUT2D eigenvalue weighted by Gasteiger charge is 2.48. The molecule has 3 heterocycles. The van der Waals surface area contributed by atoms with Crippen LogP contribution in [0.2, 0.25) is 0 Å². The van der Waals surface area contributed by atoms with Gasteiger partial charge in [-0.1, -0.05) is 192 Å². The molecule has 2 aliphatic rings. The highest BCUT2D eigenvalue weighted by Crippen LogP contribution is 2.54. The van der Waals surface area contributed by atoms with E-state index in [0.717, 1.165) is 57.1 Å². The van der Waals surface area contributed by atoms with Crippen LogP contribution in [0.1, 0.15) is 58.6 Å². The van der Waals surface area contributed by atoms with Crippen molar-refractivity contribution < 1.29 is 0 Å². The molecule has 310 valence electrons. The Morgan fingerprint density at radius 3 is 1.72 bits per heavy atom. The zero-order valence-electron chi connectivity index (χ0n) is 37.0. The quantitative estimate of drug-likeness (QED) is 0.168. The molecule has 0 radical (unpaired) electrons. The van der Waals surface area contributed by atoms with E-state index < -0.39 is 0 Å². The summed E-state index contributed by atoms with van der Waals surface area (Å²) < 4.78 is 4.77. The molecule has 0 saturated heterocycles. The number of aromatic nitrogens is 5. The molecule has 2 aliphatic carbocycles. The van der Waals surface area contributed by atoms with Crippen LogP contribution < -0.4 is 10.6 Å². The van der Waals surface area contributed by atoms with Gasteiger partial charge in [-0.2, -0.15) is 9.97 Å². The Labute approximate surface area is 373 Å². The fourth-order valence-corrected chi connectivity index (χ4v) is 10.9. The van der Waals surface area contributed by atoms with Gasteiger partial charge in [0.25, 0.3) is 0 Å². The number of hydrogen-bond donors (Lipinski definition) is 0. The smallest absolute Gasteiger partial charge is 0.238 e. The van der Waals surface area contributed by atoms with Gasteiger partial charge in [0.15, 0.2) is 11.6 Å². The Bertz CT molecular complexity index is 3590. The summed E-state index contributed by atoms with van der Waals surface area (Å²) in [6, 6.07) is 59.1. The summed E-state index contributed by atoms with van der Waals surface area (Å²) in [5.74, 6) is 2.42.